The number of anilines is 2. The van der Waals surface area contributed by atoms with E-state index in [1.54, 1.807) is 47.1 Å². The molecule has 0 fully saturated rings. The Balaban J connectivity index is 1.84. The molecule has 36 heavy (non-hydrogen) atoms. The second-order valence-electron chi connectivity index (χ2n) is 9.17. The molecule has 7 nitrogen and oxygen atoms in total. The van der Waals surface area contributed by atoms with Crippen LogP contribution in [0, 0.1) is 0 Å². The Morgan fingerprint density at radius 1 is 0.944 bits per heavy atom. The zero-order valence-electron chi connectivity index (χ0n) is 20.3. The minimum Gasteiger partial charge on any atom is -0.315 e. The van der Waals surface area contributed by atoms with Gasteiger partial charge in [-0.15, -0.1) is 0 Å². The first-order valence-electron chi connectivity index (χ1n) is 11.3. The van der Waals surface area contributed by atoms with E-state index in [-0.39, 0.29) is 12.0 Å². The molecule has 0 radical (unpaired) electrons. The molecular weight excluding hydrogens is 544 g/mol. The molecule has 2 N–H and O–H groups in total. The highest BCUT2D eigenvalue weighted by Crippen LogP contribution is 2.31. The lowest BCUT2D eigenvalue weighted by Crippen LogP contribution is -2.41. The van der Waals surface area contributed by atoms with Gasteiger partial charge in [-0.05, 0) is 36.8 Å². The van der Waals surface area contributed by atoms with Crippen LogP contribution in [0.25, 0.3) is 5.69 Å². The normalized spacial score (nSPS) is 11.3. The van der Waals surface area contributed by atoms with Gasteiger partial charge in [-0.3, -0.25) is 4.79 Å². The molecule has 3 amide bonds. The Morgan fingerprint density at radius 2 is 1.61 bits per heavy atom. The molecule has 0 bridgehead atoms. The Hall–Kier alpha value is -2.45. The van der Waals surface area contributed by atoms with Gasteiger partial charge in [0.1, 0.15) is 12.4 Å². The van der Waals surface area contributed by atoms with E-state index in [9.17, 15) is 9.59 Å². The number of rotatable bonds is 7. The van der Waals surface area contributed by atoms with Crippen molar-refractivity contribution in [2.24, 2.45) is 0 Å². The van der Waals surface area contributed by atoms with Gasteiger partial charge in [-0.2, -0.15) is 5.10 Å². The highest BCUT2D eigenvalue weighted by molar-refractivity contribution is 6.42. The number of benzene rings is 2. The minimum absolute atomic E-state index is 0.195. The number of hydrogen-bond donors (Lipinski definition) is 2. The molecule has 1 heterocycles. The predicted octanol–water partition coefficient (Wildman–Crippen LogP) is 7.67. The van der Waals surface area contributed by atoms with Gasteiger partial charge in [0.15, 0.2) is 0 Å². The molecule has 192 valence electrons. The third-order valence-corrected chi connectivity index (χ3v) is 6.57. The van der Waals surface area contributed by atoms with E-state index in [2.05, 4.69) is 15.7 Å². The average Bonchev–Trinajstić information content (AvgIpc) is 3.22. The van der Waals surface area contributed by atoms with Crippen LogP contribution in [0.15, 0.2) is 42.5 Å². The highest BCUT2D eigenvalue weighted by atomic mass is 35.5. The second kappa shape index (κ2) is 11.7. The van der Waals surface area contributed by atoms with Crippen molar-refractivity contribution in [2.45, 2.75) is 39.5 Å². The number of nitrogens with zero attached hydrogens (tertiary/aromatic N) is 3. The quantitative estimate of drug-likeness (QED) is 0.306. The van der Waals surface area contributed by atoms with Crippen molar-refractivity contribution in [2.75, 3.05) is 23.7 Å². The van der Waals surface area contributed by atoms with E-state index >= 15 is 0 Å². The lowest BCUT2D eigenvalue weighted by molar-refractivity contribution is -0.116. The number of amides is 3. The van der Waals surface area contributed by atoms with Crippen molar-refractivity contribution < 1.29 is 9.59 Å². The lowest BCUT2D eigenvalue weighted by atomic mass is 9.92. The van der Waals surface area contributed by atoms with Crippen molar-refractivity contribution in [3.63, 3.8) is 0 Å². The number of halogens is 4. The van der Waals surface area contributed by atoms with Gasteiger partial charge in [-0.25, -0.2) is 9.48 Å². The van der Waals surface area contributed by atoms with Gasteiger partial charge < -0.3 is 15.5 Å². The Morgan fingerprint density at radius 3 is 2.19 bits per heavy atom. The number of carbonyl (C=O) groups excluding carboxylic acids is 2. The number of hydrogen-bond acceptors (Lipinski definition) is 3. The molecule has 0 spiro atoms. The fourth-order valence-corrected chi connectivity index (χ4v) is 4.12. The van der Waals surface area contributed by atoms with Crippen molar-refractivity contribution in [3.05, 3.63) is 68.2 Å². The molecular formula is C25H27Cl4N5O2. The summed E-state index contributed by atoms with van der Waals surface area (Å²) in [6.45, 7) is 8.13. The summed E-state index contributed by atoms with van der Waals surface area (Å²) < 4.78 is 1.59. The van der Waals surface area contributed by atoms with Crippen LogP contribution in [0.4, 0.5) is 16.3 Å². The molecule has 0 atom stereocenters. The van der Waals surface area contributed by atoms with Gasteiger partial charge in [0.2, 0.25) is 5.91 Å². The van der Waals surface area contributed by atoms with Crippen LogP contribution >= 0.6 is 46.4 Å². The molecule has 0 saturated heterocycles. The monoisotopic (exact) mass is 569 g/mol. The van der Waals surface area contributed by atoms with Crippen LogP contribution in [0.3, 0.4) is 0 Å². The molecule has 0 unspecified atom stereocenters. The van der Waals surface area contributed by atoms with E-state index in [4.69, 9.17) is 46.4 Å². The highest BCUT2D eigenvalue weighted by Gasteiger charge is 2.24. The Kier molecular flexibility index (Phi) is 9.17. The topological polar surface area (TPSA) is 79.3 Å². The van der Waals surface area contributed by atoms with Gasteiger partial charge in [0.25, 0.3) is 0 Å². The van der Waals surface area contributed by atoms with Crippen LogP contribution in [0.1, 0.15) is 39.8 Å². The number of aromatic nitrogens is 2. The van der Waals surface area contributed by atoms with Gasteiger partial charge in [0.05, 0.1) is 37.2 Å². The molecule has 0 aliphatic heterocycles. The fourth-order valence-electron chi connectivity index (χ4n) is 3.33. The van der Waals surface area contributed by atoms with E-state index in [0.717, 1.165) is 5.69 Å². The largest absolute Gasteiger partial charge is 0.322 e. The zero-order valence-corrected chi connectivity index (χ0v) is 23.4. The molecule has 11 heteroatoms. The van der Waals surface area contributed by atoms with Crippen LogP contribution in [0.5, 0.6) is 0 Å². The molecule has 3 aromatic rings. The maximum atomic E-state index is 13.1. The number of nitrogens with one attached hydrogen (secondary N) is 2. The zero-order chi connectivity index (χ0) is 26.6. The minimum atomic E-state index is -0.490. The summed E-state index contributed by atoms with van der Waals surface area (Å²) in [7, 11) is 0. The van der Waals surface area contributed by atoms with Gasteiger partial charge in [0, 0.05) is 18.0 Å². The standard InChI is InChI=1S/C25H27Cl4N5O2/c1-5-11-33(24(36)31-23-17(27)7-6-8-18(23)28)14-22(35)30-21-13-20(25(2,3)4)32-34(21)15-9-10-16(26)19(29)12-15/h6-10,12-13H,5,11,14H2,1-4H3,(H,30,35)(H,31,36). The number of urea groups is 1. The third-order valence-electron chi connectivity index (χ3n) is 5.20. The lowest BCUT2D eigenvalue weighted by Gasteiger charge is -2.23. The predicted molar refractivity (Wildman–Crippen MR) is 148 cm³/mol. The molecule has 3 rings (SSSR count). The van der Waals surface area contributed by atoms with Crippen molar-refractivity contribution >= 4 is 69.8 Å². The van der Waals surface area contributed by atoms with Gasteiger partial charge >= 0.3 is 6.03 Å². The second-order valence-corrected chi connectivity index (χ2v) is 10.8. The van der Waals surface area contributed by atoms with E-state index in [1.807, 2.05) is 27.7 Å². The average molecular weight is 571 g/mol. The molecule has 0 aliphatic rings. The van der Waals surface area contributed by atoms with Crippen molar-refractivity contribution in [1.29, 1.82) is 0 Å². The number of para-hydroxylation sites is 1. The Labute approximate surface area is 230 Å². The molecule has 2 aromatic carbocycles. The summed E-state index contributed by atoms with van der Waals surface area (Å²) in [5, 5.41) is 11.6. The first-order chi connectivity index (χ1) is 16.9. The van der Waals surface area contributed by atoms with E-state index in [0.29, 0.717) is 50.2 Å². The first kappa shape index (κ1) is 28.1. The fraction of sp³-hybridized carbons (Fsp3) is 0.320. The number of carbonyl (C=O) groups is 2. The van der Waals surface area contributed by atoms with E-state index in [1.165, 1.54) is 4.90 Å². The van der Waals surface area contributed by atoms with Crippen LogP contribution < -0.4 is 10.6 Å². The van der Waals surface area contributed by atoms with Crippen molar-refractivity contribution in [3.8, 4) is 5.69 Å². The maximum Gasteiger partial charge on any atom is 0.322 e. The summed E-state index contributed by atoms with van der Waals surface area (Å²) in [4.78, 5) is 27.4. The van der Waals surface area contributed by atoms with E-state index < -0.39 is 11.9 Å². The summed E-state index contributed by atoms with van der Waals surface area (Å²) in [6.07, 6.45) is 0.645. The van der Waals surface area contributed by atoms with Gasteiger partial charge in [-0.1, -0.05) is 80.2 Å². The van der Waals surface area contributed by atoms with Crippen LogP contribution in [0.2, 0.25) is 20.1 Å². The smallest absolute Gasteiger partial charge is 0.315 e. The van der Waals surface area contributed by atoms with Crippen LogP contribution in [-0.2, 0) is 10.2 Å². The summed E-state index contributed by atoms with van der Waals surface area (Å²) in [6, 6.07) is 11.3. The maximum absolute atomic E-state index is 13.1. The van der Waals surface area contributed by atoms with Crippen molar-refractivity contribution in [1.82, 2.24) is 14.7 Å². The molecule has 0 saturated carbocycles. The molecule has 1 aromatic heterocycles. The first-order valence-corrected chi connectivity index (χ1v) is 12.8. The van der Waals surface area contributed by atoms with Crippen LogP contribution in [-0.4, -0.2) is 39.7 Å². The third kappa shape index (κ3) is 6.85. The summed E-state index contributed by atoms with van der Waals surface area (Å²) >= 11 is 24.6. The SMILES string of the molecule is CCCN(CC(=O)Nc1cc(C(C)(C)C)nn1-c1ccc(Cl)c(Cl)c1)C(=O)Nc1c(Cl)cccc1Cl. The Bertz CT molecular complexity index is 1250. The summed E-state index contributed by atoms with van der Waals surface area (Å²) in [5.41, 5.74) is 1.41. The molecule has 0 aliphatic carbocycles. The summed E-state index contributed by atoms with van der Waals surface area (Å²) in [5.74, 6) is 0.0415.